The molecule has 0 aliphatic heterocycles. The van der Waals surface area contributed by atoms with Crippen molar-refractivity contribution in [1.82, 2.24) is 14.9 Å². The van der Waals surface area contributed by atoms with E-state index < -0.39 is 0 Å². The molecule has 6 nitrogen and oxygen atoms in total. The minimum Gasteiger partial charge on any atom is -0.492 e. The highest BCUT2D eigenvalue weighted by Crippen LogP contribution is 2.26. The number of hydrogen-bond donors (Lipinski definition) is 1. The first-order chi connectivity index (χ1) is 12.2. The molecule has 25 heavy (non-hydrogen) atoms. The molecular formula is C19H26N4O2. The van der Waals surface area contributed by atoms with Crippen LogP contribution in [0.2, 0.25) is 0 Å². The van der Waals surface area contributed by atoms with E-state index in [4.69, 9.17) is 4.74 Å². The first-order valence-electron chi connectivity index (χ1n) is 8.79. The predicted octanol–water partition coefficient (Wildman–Crippen LogP) is 3.88. The third-order valence-corrected chi connectivity index (χ3v) is 3.61. The third-order valence-electron chi connectivity index (χ3n) is 3.61. The van der Waals surface area contributed by atoms with Gasteiger partial charge in [-0.2, -0.15) is 0 Å². The number of para-hydroxylation sites is 2. The lowest BCUT2D eigenvalue weighted by Gasteiger charge is -2.21. The topological polar surface area (TPSA) is 67.4 Å². The van der Waals surface area contributed by atoms with Crippen molar-refractivity contribution < 1.29 is 9.53 Å². The van der Waals surface area contributed by atoms with Crippen molar-refractivity contribution in [3.63, 3.8) is 0 Å². The molecule has 1 N–H and O–H groups in total. The number of anilines is 2. The van der Waals surface area contributed by atoms with E-state index in [1.165, 1.54) is 6.33 Å². The van der Waals surface area contributed by atoms with E-state index in [0.717, 1.165) is 37.4 Å². The molecule has 2 rings (SSSR count). The van der Waals surface area contributed by atoms with Gasteiger partial charge in [0.05, 0.1) is 12.3 Å². The van der Waals surface area contributed by atoms with Crippen molar-refractivity contribution in [3.8, 4) is 5.75 Å². The Hall–Kier alpha value is -2.63. The Morgan fingerprint density at radius 1 is 1.12 bits per heavy atom. The molecule has 0 aliphatic rings. The van der Waals surface area contributed by atoms with E-state index in [9.17, 15) is 4.79 Å². The zero-order valence-electron chi connectivity index (χ0n) is 15.2. The van der Waals surface area contributed by atoms with Gasteiger partial charge in [0, 0.05) is 19.2 Å². The van der Waals surface area contributed by atoms with Crippen molar-refractivity contribution in [1.29, 1.82) is 0 Å². The summed E-state index contributed by atoms with van der Waals surface area (Å²) in [5.74, 6) is 1.25. The summed E-state index contributed by atoms with van der Waals surface area (Å²) in [6.07, 6.45) is 3.25. The lowest BCUT2D eigenvalue weighted by molar-refractivity contribution is 0.0749. The minimum atomic E-state index is -0.0627. The van der Waals surface area contributed by atoms with Crippen LogP contribution in [0.15, 0.2) is 36.7 Å². The molecule has 0 radical (unpaired) electrons. The van der Waals surface area contributed by atoms with Crippen molar-refractivity contribution in [2.24, 2.45) is 0 Å². The second-order valence-electron chi connectivity index (χ2n) is 5.63. The Balaban J connectivity index is 2.20. The quantitative estimate of drug-likeness (QED) is 0.749. The van der Waals surface area contributed by atoms with E-state index in [1.807, 2.05) is 36.1 Å². The van der Waals surface area contributed by atoms with Crippen LogP contribution in [0.1, 0.15) is 44.1 Å². The average molecular weight is 342 g/mol. The summed E-state index contributed by atoms with van der Waals surface area (Å²) in [7, 11) is 0. The van der Waals surface area contributed by atoms with Crippen molar-refractivity contribution in [3.05, 3.63) is 42.4 Å². The summed E-state index contributed by atoms with van der Waals surface area (Å²) >= 11 is 0. The molecule has 0 saturated heterocycles. The number of nitrogens with zero attached hydrogens (tertiary/aromatic N) is 3. The number of ether oxygens (including phenoxy) is 1. The van der Waals surface area contributed by atoms with Crippen LogP contribution in [0.3, 0.4) is 0 Å². The van der Waals surface area contributed by atoms with Gasteiger partial charge in [-0.3, -0.25) is 4.79 Å². The van der Waals surface area contributed by atoms with Gasteiger partial charge < -0.3 is 15.0 Å². The van der Waals surface area contributed by atoms with Gasteiger partial charge in [-0.1, -0.05) is 26.0 Å². The number of rotatable bonds is 9. The number of carbonyl (C=O) groups is 1. The van der Waals surface area contributed by atoms with Crippen LogP contribution in [-0.2, 0) is 0 Å². The maximum atomic E-state index is 12.7. The van der Waals surface area contributed by atoms with Crippen molar-refractivity contribution >= 4 is 17.4 Å². The third kappa shape index (κ3) is 5.17. The predicted molar refractivity (Wildman–Crippen MR) is 99.4 cm³/mol. The molecule has 0 bridgehead atoms. The van der Waals surface area contributed by atoms with Gasteiger partial charge in [-0.25, -0.2) is 9.97 Å². The summed E-state index contributed by atoms with van der Waals surface area (Å²) in [5, 5.41) is 3.21. The van der Waals surface area contributed by atoms with Gasteiger partial charge in [0.15, 0.2) is 0 Å². The number of carbonyl (C=O) groups excluding carboxylic acids is 1. The summed E-state index contributed by atoms with van der Waals surface area (Å²) in [6, 6.07) is 9.32. The molecule has 0 saturated carbocycles. The monoisotopic (exact) mass is 342 g/mol. The molecule has 1 aromatic carbocycles. The maximum absolute atomic E-state index is 12.7. The normalized spacial score (nSPS) is 10.4. The summed E-state index contributed by atoms with van der Waals surface area (Å²) in [4.78, 5) is 22.9. The van der Waals surface area contributed by atoms with Gasteiger partial charge in [-0.05, 0) is 31.9 Å². The van der Waals surface area contributed by atoms with Crippen LogP contribution in [0.4, 0.5) is 11.5 Å². The minimum absolute atomic E-state index is 0.0627. The number of aromatic nitrogens is 2. The fourth-order valence-corrected chi connectivity index (χ4v) is 2.55. The van der Waals surface area contributed by atoms with Gasteiger partial charge in [-0.15, -0.1) is 0 Å². The molecule has 0 aliphatic carbocycles. The van der Waals surface area contributed by atoms with E-state index in [0.29, 0.717) is 18.1 Å². The number of hydrogen-bond acceptors (Lipinski definition) is 5. The number of benzene rings is 1. The van der Waals surface area contributed by atoms with E-state index in [2.05, 4.69) is 29.1 Å². The van der Waals surface area contributed by atoms with Gasteiger partial charge in [0.25, 0.3) is 5.91 Å². The summed E-state index contributed by atoms with van der Waals surface area (Å²) in [6.45, 7) is 8.10. The molecule has 0 atom stereocenters. The summed E-state index contributed by atoms with van der Waals surface area (Å²) < 4.78 is 5.61. The second kappa shape index (κ2) is 9.61. The van der Waals surface area contributed by atoms with Crippen LogP contribution in [-0.4, -0.2) is 40.5 Å². The highest BCUT2D eigenvalue weighted by Gasteiger charge is 2.16. The maximum Gasteiger partial charge on any atom is 0.272 e. The van der Waals surface area contributed by atoms with Gasteiger partial charge >= 0.3 is 0 Å². The first-order valence-corrected chi connectivity index (χ1v) is 8.79. The Bertz CT molecular complexity index is 685. The Morgan fingerprint density at radius 2 is 1.84 bits per heavy atom. The van der Waals surface area contributed by atoms with E-state index in [1.54, 1.807) is 6.07 Å². The first kappa shape index (κ1) is 18.7. The Kier molecular flexibility index (Phi) is 7.19. The van der Waals surface area contributed by atoms with Crippen LogP contribution < -0.4 is 10.1 Å². The van der Waals surface area contributed by atoms with Crippen molar-refractivity contribution in [2.75, 3.05) is 25.0 Å². The lowest BCUT2D eigenvalue weighted by atomic mass is 10.2. The van der Waals surface area contributed by atoms with Gasteiger partial charge in [0.1, 0.15) is 23.6 Å². The molecule has 0 unspecified atom stereocenters. The SMILES string of the molecule is CCCN(CCC)C(=O)c1cc(Nc2ccccc2OCC)ncn1. The molecule has 2 aromatic rings. The lowest BCUT2D eigenvalue weighted by Crippen LogP contribution is -2.33. The fourth-order valence-electron chi connectivity index (χ4n) is 2.55. The largest absolute Gasteiger partial charge is 0.492 e. The average Bonchev–Trinajstić information content (AvgIpc) is 2.63. The van der Waals surface area contributed by atoms with Crippen LogP contribution >= 0.6 is 0 Å². The highest BCUT2D eigenvalue weighted by atomic mass is 16.5. The standard InChI is InChI=1S/C19H26N4O2/c1-4-11-23(12-5-2)19(24)16-13-18(21-14-20-16)22-15-9-7-8-10-17(15)25-6-3/h7-10,13-14H,4-6,11-12H2,1-3H3,(H,20,21,22). The van der Waals surface area contributed by atoms with Crippen LogP contribution in [0.5, 0.6) is 5.75 Å². The molecule has 1 amide bonds. The van der Waals surface area contributed by atoms with E-state index in [-0.39, 0.29) is 5.91 Å². The highest BCUT2D eigenvalue weighted by molar-refractivity contribution is 5.93. The van der Waals surface area contributed by atoms with Crippen LogP contribution in [0.25, 0.3) is 0 Å². The second-order valence-corrected chi connectivity index (χ2v) is 5.63. The smallest absolute Gasteiger partial charge is 0.272 e. The molecule has 1 aromatic heterocycles. The Morgan fingerprint density at radius 3 is 2.52 bits per heavy atom. The van der Waals surface area contributed by atoms with E-state index >= 15 is 0 Å². The van der Waals surface area contributed by atoms with Gasteiger partial charge in [0.2, 0.25) is 0 Å². The number of nitrogens with one attached hydrogen (secondary N) is 1. The molecule has 6 heteroatoms. The zero-order chi connectivity index (χ0) is 18.1. The molecule has 0 spiro atoms. The molecular weight excluding hydrogens is 316 g/mol. The molecule has 0 fully saturated rings. The van der Waals surface area contributed by atoms with Crippen LogP contribution in [0, 0.1) is 0 Å². The fraction of sp³-hybridized carbons (Fsp3) is 0.421. The zero-order valence-corrected chi connectivity index (χ0v) is 15.2. The molecule has 1 heterocycles. The molecule has 134 valence electrons. The summed E-state index contributed by atoms with van der Waals surface area (Å²) in [5.41, 5.74) is 1.20. The number of amides is 1. The Labute approximate surface area is 149 Å². The van der Waals surface area contributed by atoms with Crippen molar-refractivity contribution in [2.45, 2.75) is 33.6 Å².